The Balaban J connectivity index is 2.32. The minimum Gasteiger partial charge on any atom is -0.483 e. The van der Waals surface area contributed by atoms with E-state index in [0.717, 1.165) is 0 Å². The Bertz CT molecular complexity index is 405. The predicted molar refractivity (Wildman–Crippen MR) is 59.4 cm³/mol. The Labute approximate surface area is 104 Å². The summed E-state index contributed by atoms with van der Waals surface area (Å²) in [5, 5.41) is 0.207. The zero-order valence-corrected chi connectivity index (χ0v) is 10.6. The molecular formula is C9H8BrF2NO2S. The van der Waals surface area contributed by atoms with E-state index in [0.29, 0.717) is 34.5 Å². The predicted octanol–water partition coefficient (Wildman–Crippen LogP) is 3.32. The molecule has 0 aromatic carbocycles. The van der Waals surface area contributed by atoms with Crippen LogP contribution in [0, 0.1) is 0 Å². The summed E-state index contributed by atoms with van der Waals surface area (Å²) in [4.78, 5) is 3.95. The van der Waals surface area contributed by atoms with Crippen LogP contribution in [0.15, 0.2) is 15.7 Å². The molecule has 1 aromatic heterocycles. The fourth-order valence-electron chi connectivity index (χ4n) is 1.28. The fourth-order valence-corrected chi connectivity index (χ4v) is 2.40. The largest absolute Gasteiger partial charge is 0.483 e. The van der Waals surface area contributed by atoms with Crippen molar-refractivity contribution in [1.29, 1.82) is 0 Å². The third kappa shape index (κ3) is 2.57. The molecule has 1 aliphatic heterocycles. The van der Waals surface area contributed by atoms with Crippen LogP contribution < -0.4 is 9.47 Å². The van der Waals surface area contributed by atoms with E-state index < -0.39 is 5.76 Å². The van der Waals surface area contributed by atoms with Crippen LogP contribution in [0.4, 0.5) is 8.78 Å². The number of nitrogens with zero attached hydrogens (tertiary/aromatic N) is 1. The number of aromatic nitrogens is 1. The molecule has 0 bridgehead atoms. The number of pyridine rings is 1. The summed E-state index contributed by atoms with van der Waals surface area (Å²) < 4.78 is 35.7. The first kappa shape index (κ1) is 11.9. The van der Waals surface area contributed by atoms with Gasteiger partial charge >= 0.3 is 0 Å². The lowest BCUT2D eigenvalue weighted by molar-refractivity contribution is 0.102. The van der Waals surface area contributed by atoms with Gasteiger partial charge in [0.05, 0.1) is 0 Å². The van der Waals surface area contributed by atoms with Gasteiger partial charge in [-0.1, -0.05) is 0 Å². The molecule has 7 heteroatoms. The first-order valence-electron chi connectivity index (χ1n) is 4.51. The first-order chi connectivity index (χ1) is 7.56. The van der Waals surface area contributed by atoms with Gasteiger partial charge in [0.1, 0.15) is 17.7 Å². The lowest BCUT2D eigenvalue weighted by Crippen LogP contribution is -2.26. The van der Waals surface area contributed by atoms with Crippen molar-refractivity contribution in [3.05, 3.63) is 10.7 Å². The molecule has 0 saturated heterocycles. The van der Waals surface area contributed by atoms with E-state index in [1.54, 1.807) is 0 Å². The summed E-state index contributed by atoms with van der Waals surface area (Å²) in [5.41, 5.74) is 0. The van der Waals surface area contributed by atoms with Crippen molar-refractivity contribution in [2.45, 2.75) is 23.8 Å². The molecule has 3 nitrogen and oxygen atoms in total. The average molecular weight is 312 g/mol. The Morgan fingerprint density at radius 3 is 3.06 bits per heavy atom. The van der Waals surface area contributed by atoms with E-state index in [-0.39, 0.29) is 11.1 Å². The maximum Gasteiger partial charge on any atom is 0.290 e. The number of hydrogen-bond acceptors (Lipinski definition) is 4. The quantitative estimate of drug-likeness (QED) is 0.619. The molecule has 1 aromatic rings. The number of halogens is 3. The smallest absolute Gasteiger partial charge is 0.290 e. The van der Waals surface area contributed by atoms with Gasteiger partial charge in [-0.15, -0.1) is 0 Å². The van der Waals surface area contributed by atoms with Crippen molar-refractivity contribution in [3.8, 4) is 11.5 Å². The Morgan fingerprint density at radius 2 is 2.38 bits per heavy atom. The Hall–Kier alpha value is -0.560. The molecule has 2 rings (SSSR count). The normalized spacial score (nSPS) is 18.9. The van der Waals surface area contributed by atoms with Crippen molar-refractivity contribution in [1.82, 2.24) is 4.98 Å². The van der Waals surface area contributed by atoms with E-state index in [9.17, 15) is 8.78 Å². The molecule has 88 valence electrons. The Kier molecular flexibility index (Phi) is 3.53. The van der Waals surface area contributed by atoms with Crippen LogP contribution in [0.5, 0.6) is 11.5 Å². The molecule has 1 aliphatic rings. The number of hydrogen-bond donors (Lipinski definition) is 0. The standard InChI is InChI=1S/C9H8BrF2NO2S/c1-4-3-14-7-5(15-4)2-6(13-8(7)10)16-9(11)12/h2,4,9H,3H2,1H3. The minimum atomic E-state index is -2.50. The third-order valence-electron chi connectivity index (χ3n) is 1.87. The number of thioether (sulfide) groups is 1. The highest BCUT2D eigenvalue weighted by Crippen LogP contribution is 2.40. The molecule has 0 saturated carbocycles. The van der Waals surface area contributed by atoms with Crippen molar-refractivity contribution in [3.63, 3.8) is 0 Å². The van der Waals surface area contributed by atoms with Crippen LogP contribution in [-0.4, -0.2) is 23.5 Å². The first-order valence-corrected chi connectivity index (χ1v) is 6.18. The minimum absolute atomic E-state index is 0.0915. The van der Waals surface area contributed by atoms with Gasteiger partial charge in [0.15, 0.2) is 16.1 Å². The zero-order chi connectivity index (χ0) is 11.7. The van der Waals surface area contributed by atoms with Crippen molar-refractivity contribution < 1.29 is 18.3 Å². The fraction of sp³-hybridized carbons (Fsp3) is 0.444. The molecule has 0 fully saturated rings. The third-order valence-corrected chi connectivity index (χ3v) is 3.04. The Morgan fingerprint density at radius 1 is 1.62 bits per heavy atom. The van der Waals surface area contributed by atoms with Gasteiger partial charge in [0, 0.05) is 6.07 Å². The highest BCUT2D eigenvalue weighted by Gasteiger charge is 2.22. The molecule has 0 radical (unpaired) electrons. The second-order valence-electron chi connectivity index (χ2n) is 3.20. The number of alkyl halides is 2. The van der Waals surface area contributed by atoms with Crippen LogP contribution in [0.2, 0.25) is 0 Å². The molecule has 0 aliphatic carbocycles. The van der Waals surface area contributed by atoms with Crippen LogP contribution in [0.3, 0.4) is 0 Å². The summed E-state index contributed by atoms with van der Waals surface area (Å²) in [6.07, 6.45) is -0.0915. The van der Waals surface area contributed by atoms with Gasteiger partial charge in [0.25, 0.3) is 5.76 Å². The van der Waals surface area contributed by atoms with Gasteiger partial charge in [-0.3, -0.25) is 0 Å². The molecule has 0 spiro atoms. The van der Waals surface area contributed by atoms with Crippen LogP contribution in [0.25, 0.3) is 0 Å². The van der Waals surface area contributed by atoms with Gasteiger partial charge in [-0.2, -0.15) is 8.78 Å². The van der Waals surface area contributed by atoms with E-state index >= 15 is 0 Å². The van der Waals surface area contributed by atoms with Gasteiger partial charge in [-0.25, -0.2) is 4.98 Å². The van der Waals surface area contributed by atoms with E-state index in [1.807, 2.05) is 6.92 Å². The van der Waals surface area contributed by atoms with Crippen LogP contribution in [-0.2, 0) is 0 Å². The van der Waals surface area contributed by atoms with Crippen molar-refractivity contribution in [2.24, 2.45) is 0 Å². The van der Waals surface area contributed by atoms with E-state index in [4.69, 9.17) is 9.47 Å². The summed E-state index contributed by atoms with van der Waals surface area (Å²) in [6, 6.07) is 1.46. The molecule has 2 heterocycles. The average Bonchev–Trinajstić information content (AvgIpc) is 2.15. The second kappa shape index (κ2) is 4.75. The monoisotopic (exact) mass is 311 g/mol. The highest BCUT2D eigenvalue weighted by atomic mass is 79.9. The molecule has 0 N–H and O–H groups in total. The number of ether oxygens (including phenoxy) is 2. The summed E-state index contributed by atoms with van der Waals surface area (Å²) in [5.74, 6) is -1.58. The summed E-state index contributed by atoms with van der Waals surface area (Å²) >= 11 is 3.55. The molecule has 16 heavy (non-hydrogen) atoms. The van der Waals surface area contributed by atoms with Crippen LogP contribution in [0.1, 0.15) is 6.92 Å². The van der Waals surface area contributed by atoms with E-state index in [2.05, 4.69) is 20.9 Å². The molecule has 1 unspecified atom stereocenters. The summed E-state index contributed by atoms with van der Waals surface area (Å²) in [7, 11) is 0. The highest BCUT2D eigenvalue weighted by molar-refractivity contribution is 9.10. The lowest BCUT2D eigenvalue weighted by Gasteiger charge is -2.24. The van der Waals surface area contributed by atoms with E-state index in [1.165, 1.54) is 6.07 Å². The maximum atomic E-state index is 12.2. The molecule has 1 atom stereocenters. The second-order valence-corrected chi connectivity index (χ2v) is 4.96. The SMILES string of the molecule is CC1COc2c(cc(SC(F)F)nc2Br)O1. The summed E-state index contributed by atoms with van der Waals surface area (Å²) in [6.45, 7) is 2.27. The van der Waals surface area contributed by atoms with Gasteiger partial charge in [-0.05, 0) is 34.6 Å². The maximum absolute atomic E-state index is 12.2. The lowest BCUT2D eigenvalue weighted by atomic mass is 10.3. The number of rotatable bonds is 2. The number of fused-ring (bicyclic) bond motifs is 1. The topological polar surface area (TPSA) is 31.4 Å². The van der Waals surface area contributed by atoms with Crippen molar-refractivity contribution >= 4 is 27.7 Å². The van der Waals surface area contributed by atoms with Crippen molar-refractivity contribution in [2.75, 3.05) is 6.61 Å². The molecular weight excluding hydrogens is 304 g/mol. The zero-order valence-electron chi connectivity index (χ0n) is 8.25. The van der Waals surface area contributed by atoms with Gasteiger partial charge < -0.3 is 9.47 Å². The molecule has 0 amide bonds. The van der Waals surface area contributed by atoms with Crippen LogP contribution >= 0.6 is 27.7 Å². The van der Waals surface area contributed by atoms with Gasteiger partial charge in [0.2, 0.25) is 0 Å².